The van der Waals surface area contributed by atoms with E-state index < -0.39 is 5.97 Å². The fourth-order valence-corrected chi connectivity index (χ4v) is 8.57. The Morgan fingerprint density at radius 1 is 0.919 bits per heavy atom. The SMILES string of the molecule is O=C(O)c1ccccc1C1=c2cc3[n+]4c(c2=[O+]C2C5=[N+]6C(=CC12)CCCC6CCC5)CCCC4CCC3. The van der Waals surface area contributed by atoms with Crippen LogP contribution < -0.4 is 15.2 Å². The van der Waals surface area contributed by atoms with Gasteiger partial charge in [0.2, 0.25) is 0 Å². The number of pyridine rings is 1. The van der Waals surface area contributed by atoms with Crippen LogP contribution in [-0.4, -0.2) is 33.5 Å². The van der Waals surface area contributed by atoms with Crippen molar-refractivity contribution in [3.63, 3.8) is 0 Å². The molecule has 1 aromatic heterocycles. The second-order valence-electron chi connectivity index (χ2n) is 11.9. The average Bonchev–Trinajstić information content (AvgIpc) is 2.93. The number of aromatic nitrogens is 1. The second kappa shape index (κ2) is 8.21. The summed E-state index contributed by atoms with van der Waals surface area (Å²) < 4.78 is 12.5. The minimum atomic E-state index is -0.852. The number of aryl methyl sites for hydroxylation is 1. The molecular formula is C32H35N2O3+3. The number of aromatic carboxylic acids is 1. The molecule has 0 saturated carbocycles. The van der Waals surface area contributed by atoms with Crippen molar-refractivity contribution in [3.8, 4) is 0 Å². The van der Waals surface area contributed by atoms with Gasteiger partial charge in [-0.25, -0.2) is 9.22 Å². The van der Waals surface area contributed by atoms with Gasteiger partial charge in [0, 0.05) is 63.5 Å². The molecule has 0 radical (unpaired) electrons. The molecule has 7 heterocycles. The fraction of sp³-hybridized carbons (Fsp3) is 0.500. The second-order valence-corrected chi connectivity index (χ2v) is 11.9. The number of hydrogen-bond acceptors (Lipinski definition) is 1. The Bertz CT molecular complexity index is 1550. The lowest BCUT2D eigenvalue weighted by Gasteiger charge is -2.34. The molecular weight excluding hydrogens is 460 g/mol. The quantitative estimate of drug-likeness (QED) is 0.509. The summed E-state index contributed by atoms with van der Waals surface area (Å²) >= 11 is 0. The highest BCUT2D eigenvalue weighted by molar-refractivity contribution is 5.97. The number of piperidine rings is 1. The predicted molar refractivity (Wildman–Crippen MR) is 141 cm³/mol. The number of carbonyl (C=O) groups is 1. The molecule has 1 aromatic carbocycles. The molecule has 188 valence electrons. The summed E-state index contributed by atoms with van der Waals surface area (Å²) in [6.45, 7) is 0. The predicted octanol–water partition coefficient (Wildman–Crippen LogP) is 3.79. The van der Waals surface area contributed by atoms with Crippen molar-refractivity contribution in [2.45, 2.75) is 95.2 Å². The molecule has 4 unspecified atom stereocenters. The lowest BCUT2D eigenvalue weighted by molar-refractivity contribution is -0.748. The van der Waals surface area contributed by atoms with Gasteiger partial charge in [0.15, 0.2) is 23.5 Å². The van der Waals surface area contributed by atoms with Crippen molar-refractivity contribution in [2.24, 2.45) is 5.92 Å². The van der Waals surface area contributed by atoms with Crippen molar-refractivity contribution in [3.05, 3.63) is 79.7 Å². The number of benzene rings is 1. The van der Waals surface area contributed by atoms with Crippen molar-refractivity contribution < 1.29 is 19.0 Å². The van der Waals surface area contributed by atoms with Crippen LogP contribution in [0.5, 0.6) is 0 Å². The molecule has 5 nitrogen and oxygen atoms in total. The van der Waals surface area contributed by atoms with Crippen LogP contribution in [0, 0.1) is 5.92 Å². The van der Waals surface area contributed by atoms with E-state index in [2.05, 4.69) is 21.3 Å². The number of allylic oxidation sites excluding steroid dienone is 1. The summed E-state index contributed by atoms with van der Waals surface area (Å²) in [6.07, 6.45) is 16.7. The van der Waals surface area contributed by atoms with E-state index in [0.717, 1.165) is 41.9 Å². The fourth-order valence-electron chi connectivity index (χ4n) is 8.57. The summed E-state index contributed by atoms with van der Waals surface area (Å²) in [5, 5.41) is 11.4. The standard InChI is InChI=1S/C32H34N2O3/c35-32(36)24-14-2-1-13-23(24)29-25-17-21-11-3-7-19-9-5-15-27(33(19)21)30(25)37-31-26(29)18-22-12-4-8-20-10-6-16-28(31)34(20)22/h1-2,13-14,17-20,25,30H,3-12,15-16H2/q+2/p+1. The minimum absolute atomic E-state index is 0.0457. The number of rotatable bonds is 2. The van der Waals surface area contributed by atoms with Gasteiger partial charge in [-0.2, -0.15) is 9.14 Å². The van der Waals surface area contributed by atoms with Gasteiger partial charge >= 0.3 is 17.5 Å². The van der Waals surface area contributed by atoms with E-state index in [1.54, 1.807) is 6.07 Å². The first-order chi connectivity index (χ1) is 18.2. The van der Waals surface area contributed by atoms with Crippen molar-refractivity contribution in [1.82, 2.24) is 0 Å². The summed E-state index contributed by atoms with van der Waals surface area (Å²) in [5.41, 5.74) is 9.12. The first-order valence-electron chi connectivity index (χ1n) is 14.5. The summed E-state index contributed by atoms with van der Waals surface area (Å²) in [5.74, 6) is -0.807. The largest absolute Gasteiger partial charge is 0.478 e. The Hall–Kier alpha value is -3.08. The van der Waals surface area contributed by atoms with Crippen LogP contribution in [-0.2, 0) is 12.8 Å². The smallest absolute Gasteiger partial charge is 0.418 e. The molecule has 1 saturated heterocycles. The van der Waals surface area contributed by atoms with Crippen LogP contribution in [0.25, 0.3) is 5.57 Å². The molecule has 1 N–H and O–H groups in total. The third kappa shape index (κ3) is 3.15. The highest BCUT2D eigenvalue weighted by Gasteiger charge is 2.54. The normalized spacial score (nSPS) is 29.3. The Kier molecular flexibility index (Phi) is 4.87. The average molecular weight is 496 g/mol. The molecule has 0 amide bonds. The number of carboxylic acids is 1. The van der Waals surface area contributed by atoms with Crippen LogP contribution in [0.1, 0.15) is 97.6 Å². The molecule has 37 heavy (non-hydrogen) atoms. The van der Waals surface area contributed by atoms with Crippen molar-refractivity contribution in [1.29, 1.82) is 0 Å². The molecule has 0 aliphatic carbocycles. The van der Waals surface area contributed by atoms with E-state index >= 15 is 0 Å². The lowest BCUT2D eigenvalue weighted by atomic mass is 9.75. The molecule has 8 rings (SSSR count). The van der Waals surface area contributed by atoms with E-state index in [4.69, 9.17) is 4.42 Å². The lowest BCUT2D eigenvalue weighted by Crippen LogP contribution is -2.60. The maximum Gasteiger partial charge on any atom is 0.418 e. The maximum absolute atomic E-state index is 12.5. The molecule has 0 bridgehead atoms. The molecule has 1 fully saturated rings. The van der Waals surface area contributed by atoms with Gasteiger partial charge in [-0.15, -0.1) is 0 Å². The van der Waals surface area contributed by atoms with E-state index in [1.165, 1.54) is 79.7 Å². The van der Waals surface area contributed by atoms with Gasteiger partial charge in [-0.3, -0.25) is 0 Å². The molecule has 2 aromatic rings. The van der Waals surface area contributed by atoms with Crippen LogP contribution in [0.3, 0.4) is 0 Å². The maximum atomic E-state index is 12.5. The minimum Gasteiger partial charge on any atom is -0.478 e. The zero-order chi connectivity index (χ0) is 24.7. The van der Waals surface area contributed by atoms with Crippen molar-refractivity contribution in [2.75, 3.05) is 0 Å². The van der Waals surface area contributed by atoms with E-state index in [0.29, 0.717) is 17.6 Å². The molecule has 6 aliphatic rings. The first kappa shape index (κ1) is 22.0. The topological polar surface area (TPSA) is 55.5 Å². The van der Waals surface area contributed by atoms with Gasteiger partial charge in [-0.05, 0) is 42.9 Å². The summed E-state index contributed by atoms with van der Waals surface area (Å²) in [6, 6.07) is 11.2. The van der Waals surface area contributed by atoms with Crippen LogP contribution in [0.2, 0.25) is 0 Å². The number of hydrogen-bond donors (Lipinski definition) is 1. The Morgan fingerprint density at radius 2 is 1.68 bits per heavy atom. The summed E-state index contributed by atoms with van der Waals surface area (Å²) in [4.78, 5) is 12.5. The third-order valence-electron chi connectivity index (χ3n) is 9.97. The van der Waals surface area contributed by atoms with Gasteiger partial charge in [0.05, 0.1) is 10.8 Å². The Labute approximate surface area is 217 Å². The molecule has 6 aliphatic heterocycles. The number of nitrogens with zero attached hydrogens (tertiary/aromatic N) is 2. The van der Waals surface area contributed by atoms with E-state index in [-0.39, 0.29) is 12.0 Å². The van der Waals surface area contributed by atoms with Gasteiger partial charge in [0.25, 0.3) is 11.4 Å². The molecule has 5 heteroatoms. The molecule has 0 spiro atoms. The zero-order valence-corrected chi connectivity index (χ0v) is 21.4. The van der Waals surface area contributed by atoms with Gasteiger partial charge < -0.3 is 5.11 Å². The van der Waals surface area contributed by atoms with Crippen LogP contribution in [0.15, 0.2) is 46.5 Å². The number of fused-ring (bicyclic) bond motifs is 4. The zero-order valence-electron chi connectivity index (χ0n) is 21.4. The third-order valence-corrected chi connectivity index (χ3v) is 9.97. The van der Waals surface area contributed by atoms with Crippen LogP contribution >= 0.6 is 0 Å². The summed E-state index contributed by atoms with van der Waals surface area (Å²) in [7, 11) is 0. The first-order valence-corrected chi connectivity index (χ1v) is 14.5. The van der Waals surface area contributed by atoms with Gasteiger partial charge in [0.1, 0.15) is 5.92 Å². The van der Waals surface area contributed by atoms with Crippen molar-refractivity contribution >= 4 is 17.3 Å². The van der Waals surface area contributed by atoms with Gasteiger partial charge in [-0.1, -0.05) is 18.2 Å². The van der Waals surface area contributed by atoms with E-state index in [9.17, 15) is 9.90 Å². The Morgan fingerprint density at radius 3 is 2.54 bits per heavy atom. The van der Waals surface area contributed by atoms with Crippen LogP contribution in [0.4, 0.5) is 0 Å². The highest BCUT2D eigenvalue weighted by atomic mass is 16.4. The van der Waals surface area contributed by atoms with E-state index in [1.807, 2.05) is 18.2 Å². The monoisotopic (exact) mass is 495 g/mol. The highest BCUT2D eigenvalue weighted by Crippen LogP contribution is 2.41. The Balaban J connectivity index is 1.49. The molecule has 4 atom stereocenters. The number of carboxylic acid groups (broad SMARTS) is 1.